The first-order chi connectivity index (χ1) is 5.65. The fourth-order valence-corrected chi connectivity index (χ4v) is 1.26. The van der Waals surface area contributed by atoms with Crippen LogP contribution in [0.25, 0.3) is 0 Å². The summed E-state index contributed by atoms with van der Waals surface area (Å²) in [7, 11) is 0. The molecule has 0 bridgehead atoms. The van der Waals surface area contributed by atoms with Crippen LogP contribution in [0.2, 0.25) is 0 Å². The number of rotatable bonds is 2. The highest BCUT2D eigenvalue weighted by molar-refractivity contribution is 5.96. The van der Waals surface area contributed by atoms with Gasteiger partial charge < -0.3 is 9.47 Å². The van der Waals surface area contributed by atoms with Gasteiger partial charge >= 0.3 is 11.9 Å². The Morgan fingerprint density at radius 3 is 2.92 bits per heavy atom. The summed E-state index contributed by atoms with van der Waals surface area (Å²) in [5, 5.41) is 5.54. The summed E-state index contributed by atoms with van der Waals surface area (Å²) in [5.74, 6) is -0.347. The Balaban J connectivity index is 2.52. The van der Waals surface area contributed by atoms with Gasteiger partial charge in [-0.3, -0.25) is 4.79 Å². The van der Waals surface area contributed by atoms with Crippen LogP contribution in [0.4, 0.5) is 0 Å². The van der Waals surface area contributed by atoms with E-state index in [1.54, 1.807) is 0 Å². The minimum absolute atomic E-state index is 0.0403. The van der Waals surface area contributed by atoms with Gasteiger partial charge in [-0.05, 0) is 13.8 Å². The molecule has 1 saturated heterocycles. The molecule has 0 aromatic carbocycles. The van der Waals surface area contributed by atoms with Crippen LogP contribution >= 0.6 is 0 Å². The molecule has 2 atom stereocenters. The maximum atomic E-state index is 11.1. The van der Waals surface area contributed by atoms with E-state index in [4.69, 9.17) is 14.9 Å². The molecule has 68 valence electrons. The Kier molecular flexibility index (Phi) is 2.68. The van der Waals surface area contributed by atoms with Crippen LogP contribution in [-0.4, -0.2) is 24.6 Å². The highest BCUT2D eigenvalue weighted by atomic mass is 16.6. The van der Waals surface area contributed by atoms with Gasteiger partial charge in [0, 0.05) is 6.42 Å². The van der Waals surface area contributed by atoms with Crippen LogP contribution in [0.3, 0.4) is 0 Å². The zero-order valence-corrected chi connectivity index (χ0v) is 7.37. The van der Waals surface area contributed by atoms with Crippen LogP contribution in [0.5, 0.6) is 0 Å². The molecule has 2 unspecified atom stereocenters. The van der Waals surface area contributed by atoms with E-state index in [0.717, 1.165) is 0 Å². The van der Waals surface area contributed by atoms with Crippen molar-refractivity contribution in [3.63, 3.8) is 0 Å². The number of carbonyl (C=O) groups is 1. The van der Waals surface area contributed by atoms with Crippen LogP contribution in [0.15, 0.2) is 0 Å². The van der Waals surface area contributed by atoms with Gasteiger partial charge in [0.15, 0.2) is 5.92 Å². The van der Waals surface area contributed by atoms with Crippen LogP contribution in [0, 0.1) is 5.92 Å². The fraction of sp³-hybridized carbons (Fsp3) is 0.750. The number of ether oxygens (including phenoxy) is 2. The summed E-state index contributed by atoms with van der Waals surface area (Å²) < 4.78 is 9.96. The van der Waals surface area contributed by atoms with Crippen LogP contribution in [0.1, 0.15) is 20.3 Å². The van der Waals surface area contributed by atoms with E-state index < -0.39 is 0 Å². The number of nitrogens with two attached hydrogens (primary N) is 1. The lowest BCUT2D eigenvalue weighted by atomic mass is 10.1. The normalized spacial score (nSPS) is 28.3. The van der Waals surface area contributed by atoms with Crippen molar-refractivity contribution in [2.45, 2.75) is 26.4 Å². The van der Waals surface area contributed by atoms with Crippen LogP contribution in [-0.2, 0) is 14.3 Å². The summed E-state index contributed by atoms with van der Waals surface area (Å²) in [6.45, 7) is 4.16. The lowest BCUT2D eigenvalue weighted by Gasteiger charge is -2.01. The van der Waals surface area contributed by atoms with Gasteiger partial charge in [0.05, 0.1) is 6.61 Å². The average molecular weight is 172 g/mol. The quantitative estimate of drug-likeness (QED) is 0.334. The molecule has 0 saturated carbocycles. The van der Waals surface area contributed by atoms with Crippen molar-refractivity contribution in [1.29, 1.82) is 0 Å². The average Bonchev–Trinajstić information content (AvgIpc) is 2.30. The van der Waals surface area contributed by atoms with Crippen molar-refractivity contribution in [2.24, 2.45) is 5.92 Å². The Morgan fingerprint density at radius 2 is 2.50 bits per heavy atom. The molecule has 0 amide bonds. The van der Waals surface area contributed by atoms with E-state index in [9.17, 15) is 4.79 Å². The first-order valence-electron chi connectivity index (χ1n) is 4.10. The maximum absolute atomic E-state index is 11.1. The Hall–Kier alpha value is -1.06. The summed E-state index contributed by atoms with van der Waals surface area (Å²) in [5.41, 5.74) is 0. The highest BCUT2D eigenvalue weighted by Crippen LogP contribution is 2.20. The van der Waals surface area contributed by atoms with E-state index in [1.165, 1.54) is 0 Å². The topological polar surface area (TPSA) is 61.1 Å². The predicted molar refractivity (Wildman–Crippen MR) is 42.2 cm³/mol. The molecule has 12 heavy (non-hydrogen) atoms. The fourth-order valence-electron chi connectivity index (χ4n) is 1.26. The zero-order chi connectivity index (χ0) is 9.14. The lowest BCUT2D eigenvalue weighted by Crippen LogP contribution is -2.47. The monoisotopic (exact) mass is 172 g/mol. The number of esters is 1. The number of hydrogen-bond acceptors (Lipinski definition) is 3. The molecule has 1 aliphatic heterocycles. The van der Waals surface area contributed by atoms with Gasteiger partial charge in [-0.1, -0.05) is 0 Å². The summed E-state index contributed by atoms with van der Waals surface area (Å²) in [4.78, 5) is 11.1. The molecule has 0 aliphatic carbocycles. The first kappa shape index (κ1) is 9.03. The van der Waals surface area contributed by atoms with Gasteiger partial charge in [0.1, 0.15) is 6.10 Å². The molecule has 4 nitrogen and oxygen atoms in total. The van der Waals surface area contributed by atoms with Gasteiger partial charge in [0.2, 0.25) is 0 Å². The number of carbonyl (C=O) groups excluding carboxylic acids is 1. The van der Waals surface area contributed by atoms with Gasteiger partial charge in [-0.15, -0.1) is 0 Å². The predicted octanol–water partition coefficient (Wildman–Crippen LogP) is -0.868. The smallest absolute Gasteiger partial charge is 0.347 e. The second-order valence-electron chi connectivity index (χ2n) is 2.87. The molecule has 1 rings (SSSR count). The minimum atomic E-state index is -0.361. The largest absolute Gasteiger partial charge is 0.462 e. The highest BCUT2D eigenvalue weighted by Gasteiger charge is 2.39. The standard InChI is InChI=1S/C8H13NO3/c1-3-11-7(9)6-4-5(2)12-8(6)10/h5-6,9H,3-4H2,1-2H3/p+1. The molecular formula is C8H14NO3+. The summed E-state index contributed by atoms with van der Waals surface area (Å²) >= 11 is 0. The van der Waals surface area contributed by atoms with Crippen molar-refractivity contribution in [3.05, 3.63) is 0 Å². The Bertz CT molecular complexity index is 202. The lowest BCUT2D eigenvalue weighted by molar-refractivity contribution is -0.156. The molecule has 0 radical (unpaired) electrons. The van der Waals surface area contributed by atoms with E-state index in [1.807, 2.05) is 13.8 Å². The molecule has 0 spiro atoms. The molecule has 1 aliphatic rings. The van der Waals surface area contributed by atoms with E-state index in [-0.39, 0.29) is 23.9 Å². The summed E-state index contributed by atoms with van der Waals surface area (Å²) in [6.07, 6.45) is 0.589. The van der Waals surface area contributed by atoms with Gasteiger partial charge in [-0.25, -0.2) is 5.41 Å². The van der Waals surface area contributed by atoms with Crippen molar-refractivity contribution in [1.82, 2.24) is 0 Å². The van der Waals surface area contributed by atoms with Gasteiger partial charge in [-0.2, -0.15) is 0 Å². The zero-order valence-electron chi connectivity index (χ0n) is 7.37. The minimum Gasteiger partial charge on any atom is -0.462 e. The van der Waals surface area contributed by atoms with Gasteiger partial charge in [0.25, 0.3) is 0 Å². The first-order valence-corrected chi connectivity index (χ1v) is 4.10. The third-order valence-electron chi connectivity index (χ3n) is 1.82. The third-order valence-corrected chi connectivity index (χ3v) is 1.82. The Morgan fingerprint density at radius 1 is 1.83 bits per heavy atom. The van der Waals surface area contributed by atoms with E-state index >= 15 is 0 Å². The SMILES string of the molecule is CCOC(=[NH2+])C1CC(C)OC1=O. The molecule has 2 N–H and O–H groups in total. The molecule has 0 aromatic heterocycles. The van der Waals surface area contributed by atoms with Crippen molar-refractivity contribution in [2.75, 3.05) is 6.61 Å². The van der Waals surface area contributed by atoms with Crippen molar-refractivity contribution in [3.8, 4) is 0 Å². The molecule has 1 fully saturated rings. The maximum Gasteiger partial charge on any atom is 0.347 e. The second kappa shape index (κ2) is 3.56. The molecule has 0 aromatic rings. The Labute approximate surface area is 71.4 Å². The third kappa shape index (κ3) is 1.75. The molecule has 4 heteroatoms. The molecule has 1 heterocycles. The van der Waals surface area contributed by atoms with Crippen LogP contribution < -0.4 is 5.41 Å². The molecular weight excluding hydrogens is 158 g/mol. The van der Waals surface area contributed by atoms with Crippen molar-refractivity contribution < 1.29 is 19.7 Å². The van der Waals surface area contributed by atoms with Crippen molar-refractivity contribution >= 4 is 11.9 Å². The van der Waals surface area contributed by atoms with E-state index in [0.29, 0.717) is 13.0 Å². The second-order valence-corrected chi connectivity index (χ2v) is 2.87. The number of hydrogen-bond donors (Lipinski definition) is 1. The number of cyclic esters (lactones) is 1. The van der Waals surface area contributed by atoms with E-state index in [2.05, 4.69) is 0 Å². The summed E-state index contributed by atoms with van der Waals surface area (Å²) in [6, 6.07) is 0.